The Balaban J connectivity index is 3.04. The van der Waals surface area contributed by atoms with Gasteiger partial charge in [-0.2, -0.15) is 0 Å². The fourth-order valence-corrected chi connectivity index (χ4v) is 2.55. The quantitative estimate of drug-likeness (QED) is 0.718. The zero-order chi connectivity index (χ0) is 15.3. The minimum absolute atomic E-state index is 0.0274. The van der Waals surface area contributed by atoms with Crippen LogP contribution in [0.4, 0.5) is 0 Å². The Labute approximate surface area is 122 Å². The first-order chi connectivity index (χ1) is 9.35. The van der Waals surface area contributed by atoms with Crippen molar-refractivity contribution in [3.8, 4) is 11.5 Å². The molecule has 1 rings (SSSR count). The molecule has 4 heteroatoms. The molecule has 1 unspecified atom stereocenters. The van der Waals surface area contributed by atoms with Crippen molar-refractivity contribution in [2.24, 2.45) is 17.6 Å². The summed E-state index contributed by atoms with van der Waals surface area (Å²) in [5, 5.41) is 19.5. The molecule has 0 heterocycles. The van der Waals surface area contributed by atoms with Gasteiger partial charge in [-0.1, -0.05) is 33.8 Å². The number of phenolic OH excluding ortho intramolecular Hbond substituents is 2. The molecule has 0 radical (unpaired) electrons. The molecule has 0 aliphatic heterocycles. The first kappa shape index (κ1) is 16.8. The summed E-state index contributed by atoms with van der Waals surface area (Å²) in [6.45, 7) is 11.0. The van der Waals surface area contributed by atoms with Gasteiger partial charge in [-0.15, -0.1) is 0 Å². The summed E-state index contributed by atoms with van der Waals surface area (Å²) in [5.74, 6) is 1.24. The third kappa shape index (κ3) is 4.69. The Kier molecular flexibility index (Phi) is 6.30. The summed E-state index contributed by atoms with van der Waals surface area (Å²) >= 11 is 0. The van der Waals surface area contributed by atoms with Crippen LogP contribution in [0.2, 0.25) is 0 Å². The van der Waals surface area contributed by atoms with Crippen LogP contribution in [0.5, 0.6) is 11.5 Å². The van der Waals surface area contributed by atoms with E-state index in [1.807, 2.05) is 0 Å². The summed E-state index contributed by atoms with van der Waals surface area (Å²) in [4.78, 5) is 2.32. The van der Waals surface area contributed by atoms with Crippen molar-refractivity contribution < 1.29 is 10.2 Å². The van der Waals surface area contributed by atoms with E-state index in [4.69, 9.17) is 5.73 Å². The summed E-state index contributed by atoms with van der Waals surface area (Å²) in [6.07, 6.45) is 0. The number of rotatable bonds is 7. The van der Waals surface area contributed by atoms with E-state index in [1.54, 1.807) is 12.1 Å². The van der Waals surface area contributed by atoms with E-state index >= 15 is 0 Å². The molecule has 20 heavy (non-hydrogen) atoms. The van der Waals surface area contributed by atoms with Crippen molar-refractivity contribution in [1.82, 2.24) is 4.90 Å². The van der Waals surface area contributed by atoms with Gasteiger partial charge in [0.2, 0.25) is 0 Å². The van der Waals surface area contributed by atoms with Gasteiger partial charge in [0.15, 0.2) is 0 Å². The molecular weight excluding hydrogens is 252 g/mol. The van der Waals surface area contributed by atoms with Crippen molar-refractivity contribution in [2.45, 2.75) is 33.7 Å². The van der Waals surface area contributed by atoms with E-state index in [0.29, 0.717) is 18.4 Å². The molecule has 0 spiro atoms. The monoisotopic (exact) mass is 280 g/mol. The van der Waals surface area contributed by atoms with Gasteiger partial charge in [-0.3, -0.25) is 4.90 Å². The molecule has 0 bridgehead atoms. The Morgan fingerprint density at radius 3 is 2.00 bits per heavy atom. The molecule has 0 aromatic heterocycles. The maximum absolute atomic E-state index is 10.1. The molecule has 1 aromatic rings. The average molecular weight is 280 g/mol. The van der Waals surface area contributed by atoms with Crippen LogP contribution in [-0.2, 0) is 0 Å². The van der Waals surface area contributed by atoms with Gasteiger partial charge in [0.05, 0.1) is 6.04 Å². The second-order valence-electron chi connectivity index (χ2n) is 6.24. The zero-order valence-corrected chi connectivity index (χ0v) is 13.0. The lowest BCUT2D eigenvalue weighted by Crippen LogP contribution is -2.38. The standard InChI is InChI=1S/C16H28N2O2/c1-11(2)9-18(10-12(3)4)15(8-17)14-6-5-13(19)7-16(14)20/h5-7,11-12,15,19-20H,8-10,17H2,1-4H3. The highest BCUT2D eigenvalue weighted by atomic mass is 16.3. The van der Waals surface area contributed by atoms with Crippen LogP contribution >= 0.6 is 0 Å². The number of nitrogens with zero attached hydrogens (tertiary/aromatic N) is 1. The molecule has 1 aromatic carbocycles. The number of aromatic hydroxyl groups is 2. The summed E-state index contributed by atoms with van der Waals surface area (Å²) in [5.41, 5.74) is 6.73. The minimum Gasteiger partial charge on any atom is -0.508 e. The fraction of sp³-hybridized carbons (Fsp3) is 0.625. The molecule has 0 saturated carbocycles. The lowest BCUT2D eigenvalue weighted by atomic mass is 10.0. The second kappa shape index (κ2) is 7.50. The van der Waals surface area contributed by atoms with E-state index in [-0.39, 0.29) is 17.5 Å². The third-order valence-corrected chi connectivity index (χ3v) is 3.24. The molecule has 0 amide bonds. The maximum atomic E-state index is 10.1. The number of phenols is 2. The van der Waals surface area contributed by atoms with Crippen LogP contribution in [-0.4, -0.2) is 34.7 Å². The van der Waals surface area contributed by atoms with Crippen molar-refractivity contribution in [2.75, 3.05) is 19.6 Å². The topological polar surface area (TPSA) is 69.7 Å². The Morgan fingerprint density at radius 1 is 1.05 bits per heavy atom. The SMILES string of the molecule is CC(C)CN(CC(C)C)C(CN)c1ccc(O)cc1O. The molecule has 4 nitrogen and oxygen atoms in total. The minimum atomic E-state index is -0.0274. The smallest absolute Gasteiger partial charge is 0.124 e. The van der Waals surface area contributed by atoms with Crippen LogP contribution in [0.3, 0.4) is 0 Å². The van der Waals surface area contributed by atoms with Gasteiger partial charge in [0.25, 0.3) is 0 Å². The maximum Gasteiger partial charge on any atom is 0.124 e. The average Bonchev–Trinajstić information content (AvgIpc) is 2.31. The summed E-state index contributed by atoms with van der Waals surface area (Å²) in [7, 11) is 0. The van der Waals surface area contributed by atoms with Crippen molar-refractivity contribution in [3.63, 3.8) is 0 Å². The van der Waals surface area contributed by atoms with Crippen LogP contribution < -0.4 is 5.73 Å². The van der Waals surface area contributed by atoms with Gasteiger partial charge in [0, 0.05) is 31.3 Å². The van der Waals surface area contributed by atoms with E-state index < -0.39 is 0 Å². The predicted molar refractivity (Wildman–Crippen MR) is 82.8 cm³/mol. The second-order valence-corrected chi connectivity index (χ2v) is 6.24. The van der Waals surface area contributed by atoms with Gasteiger partial charge >= 0.3 is 0 Å². The van der Waals surface area contributed by atoms with Crippen molar-refractivity contribution in [3.05, 3.63) is 23.8 Å². The number of benzene rings is 1. The molecule has 0 fully saturated rings. The molecule has 0 aliphatic carbocycles. The van der Waals surface area contributed by atoms with Crippen molar-refractivity contribution >= 4 is 0 Å². The Bertz CT molecular complexity index is 409. The normalized spacial score (nSPS) is 13.4. The molecule has 4 N–H and O–H groups in total. The lowest BCUT2D eigenvalue weighted by Gasteiger charge is -2.34. The molecule has 0 aliphatic rings. The van der Waals surface area contributed by atoms with Crippen LogP contribution in [0, 0.1) is 11.8 Å². The molecular formula is C16H28N2O2. The van der Waals surface area contributed by atoms with Crippen LogP contribution in [0.1, 0.15) is 39.3 Å². The Hall–Kier alpha value is -1.26. The Morgan fingerprint density at radius 2 is 1.60 bits per heavy atom. The molecule has 114 valence electrons. The first-order valence-corrected chi connectivity index (χ1v) is 7.31. The predicted octanol–water partition coefficient (Wildman–Crippen LogP) is 2.71. The lowest BCUT2D eigenvalue weighted by molar-refractivity contribution is 0.158. The highest BCUT2D eigenvalue weighted by Crippen LogP contribution is 2.31. The van der Waals surface area contributed by atoms with Gasteiger partial charge in [-0.25, -0.2) is 0 Å². The van der Waals surface area contributed by atoms with Gasteiger partial charge < -0.3 is 15.9 Å². The highest BCUT2D eigenvalue weighted by molar-refractivity contribution is 5.41. The molecule has 1 atom stereocenters. The first-order valence-electron chi connectivity index (χ1n) is 7.31. The van der Waals surface area contributed by atoms with Gasteiger partial charge in [0.1, 0.15) is 11.5 Å². The summed E-state index contributed by atoms with van der Waals surface area (Å²) < 4.78 is 0. The van der Waals surface area contributed by atoms with Crippen LogP contribution in [0.25, 0.3) is 0 Å². The summed E-state index contributed by atoms with van der Waals surface area (Å²) in [6, 6.07) is 4.71. The molecule has 0 saturated heterocycles. The third-order valence-electron chi connectivity index (χ3n) is 3.24. The zero-order valence-electron chi connectivity index (χ0n) is 13.0. The van der Waals surface area contributed by atoms with E-state index in [2.05, 4.69) is 32.6 Å². The van der Waals surface area contributed by atoms with Crippen molar-refractivity contribution in [1.29, 1.82) is 0 Å². The van der Waals surface area contributed by atoms with E-state index in [9.17, 15) is 10.2 Å². The van der Waals surface area contributed by atoms with Crippen LogP contribution in [0.15, 0.2) is 18.2 Å². The number of nitrogens with two attached hydrogens (primary N) is 1. The van der Waals surface area contributed by atoms with E-state index in [0.717, 1.165) is 18.7 Å². The fourth-order valence-electron chi connectivity index (χ4n) is 2.55. The number of hydrogen-bond donors (Lipinski definition) is 3. The largest absolute Gasteiger partial charge is 0.508 e. The van der Waals surface area contributed by atoms with E-state index in [1.165, 1.54) is 6.07 Å². The van der Waals surface area contributed by atoms with Gasteiger partial charge in [-0.05, 0) is 17.9 Å². The number of hydrogen-bond acceptors (Lipinski definition) is 4. The highest BCUT2D eigenvalue weighted by Gasteiger charge is 2.23.